The lowest BCUT2D eigenvalue weighted by Crippen LogP contribution is -2.49. The van der Waals surface area contributed by atoms with Crippen molar-refractivity contribution in [2.24, 2.45) is 16.8 Å². The van der Waals surface area contributed by atoms with Crippen molar-refractivity contribution in [1.29, 1.82) is 0 Å². The van der Waals surface area contributed by atoms with Gasteiger partial charge in [0.25, 0.3) is 5.91 Å². The summed E-state index contributed by atoms with van der Waals surface area (Å²) >= 11 is 0. The molecular weight excluding hydrogens is 273 g/mol. The first kappa shape index (κ1) is 13.9. The van der Waals surface area contributed by atoms with E-state index in [9.17, 15) is 9.18 Å². The number of fused-ring (bicyclic) bond motifs is 2. The van der Waals surface area contributed by atoms with Gasteiger partial charge in [0.05, 0.1) is 0 Å². The van der Waals surface area contributed by atoms with Crippen molar-refractivity contribution < 1.29 is 14.4 Å². The fourth-order valence-electron chi connectivity index (χ4n) is 3.35. The van der Waals surface area contributed by atoms with Crippen molar-refractivity contribution in [3.8, 4) is 0 Å². The van der Waals surface area contributed by atoms with E-state index in [-0.39, 0.29) is 29.5 Å². The summed E-state index contributed by atoms with van der Waals surface area (Å²) in [6.45, 7) is 0.455. The zero-order valence-corrected chi connectivity index (χ0v) is 11.6. The van der Waals surface area contributed by atoms with E-state index in [0.717, 1.165) is 24.8 Å². The van der Waals surface area contributed by atoms with E-state index < -0.39 is 0 Å². The van der Waals surface area contributed by atoms with Crippen LogP contribution in [0, 0.1) is 11.7 Å². The second-order valence-corrected chi connectivity index (χ2v) is 5.75. The van der Waals surface area contributed by atoms with Crippen molar-refractivity contribution in [1.82, 2.24) is 4.90 Å². The lowest BCUT2D eigenvalue weighted by molar-refractivity contribution is 0.0578. The number of aryl methyl sites for hydroxylation is 1. The molecule has 0 aliphatic carbocycles. The largest absolute Gasteiger partial charge is 0.409 e. The van der Waals surface area contributed by atoms with Crippen LogP contribution < -0.4 is 5.73 Å². The minimum atomic E-state index is -0.309. The van der Waals surface area contributed by atoms with Gasteiger partial charge in [-0.25, -0.2) is 4.39 Å². The van der Waals surface area contributed by atoms with Crippen LogP contribution in [0.2, 0.25) is 0 Å². The van der Waals surface area contributed by atoms with E-state index >= 15 is 0 Å². The monoisotopic (exact) mass is 291 g/mol. The van der Waals surface area contributed by atoms with Crippen molar-refractivity contribution in [2.45, 2.75) is 31.7 Å². The van der Waals surface area contributed by atoms with Gasteiger partial charge in [-0.2, -0.15) is 0 Å². The Hall–Kier alpha value is -2.11. The molecule has 2 atom stereocenters. The van der Waals surface area contributed by atoms with Crippen molar-refractivity contribution >= 4 is 11.7 Å². The van der Waals surface area contributed by atoms with Gasteiger partial charge < -0.3 is 15.8 Å². The van der Waals surface area contributed by atoms with E-state index in [4.69, 9.17) is 10.9 Å². The SMILES string of the molecule is NC(=NO)C1CC[C@H]2CCc3cc(F)ccc3C(=O)N2C1. The quantitative estimate of drug-likeness (QED) is 0.358. The van der Waals surface area contributed by atoms with E-state index in [1.807, 2.05) is 0 Å². The van der Waals surface area contributed by atoms with Gasteiger partial charge in [-0.05, 0) is 49.4 Å². The van der Waals surface area contributed by atoms with Gasteiger partial charge in [-0.3, -0.25) is 4.79 Å². The first-order valence-electron chi connectivity index (χ1n) is 7.17. The van der Waals surface area contributed by atoms with Crippen LogP contribution in [0.5, 0.6) is 0 Å². The van der Waals surface area contributed by atoms with Gasteiger partial charge in [0.1, 0.15) is 11.7 Å². The number of oxime groups is 1. The maximum Gasteiger partial charge on any atom is 0.254 e. The number of piperidine rings is 1. The number of rotatable bonds is 1. The third-order valence-electron chi connectivity index (χ3n) is 4.55. The Bertz CT molecular complexity index is 603. The average Bonchev–Trinajstić information content (AvgIpc) is 2.63. The molecule has 1 fully saturated rings. The second kappa shape index (κ2) is 5.35. The highest BCUT2D eigenvalue weighted by molar-refractivity contribution is 5.97. The summed E-state index contributed by atoms with van der Waals surface area (Å²) in [5.74, 6) is -0.332. The van der Waals surface area contributed by atoms with Gasteiger partial charge >= 0.3 is 0 Å². The number of amidine groups is 1. The number of nitrogens with zero attached hydrogens (tertiary/aromatic N) is 2. The Kier molecular flexibility index (Phi) is 3.53. The summed E-state index contributed by atoms with van der Waals surface area (Å²) in [6.07, 6.45) is 3.15. The predicted molar refractivity (Wildman–Crippen MR) is 75.7 cm³/mol. The molecule has 0 radical (unpaired) electrons. The molecule has 112 valence electrons. The maximum atomic E-state index is 13.4. The number of hydrogen-bond acceptors (Lipinski definition) is 3. The van der Waals surface area contributed by atoms with Crippen LogP contribution in [0.25, 0.3) is 0 Å². The second-order valence-electron chi connectivity index (χ2n) is 5.75. The summed E-state index contributed by atoms with van der Waals surface area (Å²) in [5, 5.41) is 11.9. The standard InChI is InChI=1S/C15H18FN3O2/c16-11-3-6-13-9(7-11)1-4-12-5-2-10(14(17)18-21)8-19(12)15(13)20/h3,6-7,10,12,21H,1-2,4-5,8H2,(H2,17,18)/t10?,12-/m1/s1. The highest BCUT2D eigenvalue weighted by Crippen LogP contribution is 2.31. The molecule has 2 heterocycles. The average molecular weight is 291 g/mol. The van der Waals surface area contributed by atoms with E-state index in [1.54, 1.807) is 11.0 Å². The van der Waals surface area contributed by atoms with E-state index in [0.29, 0.717) is 18.5 Å². The number of halogens is 1. The molecule has 1 unspecified atom stereocenters. The number of carbonyl (C=O) groups excluding carboxylic acids is 1. The summed E-state index contributed by atoms with van der Waals surface area (Å²) in [5.41, 5.74) is 7.02. The molecule has 0 bridgehead atoms. The van der Waals surface area contributed by atoms with Crippen LogP contribution in [-0.2, 0) is 6.42 Å². The van der Waals surface area contributed by atoms with Gasteiger partial charge in [0.2, 0.25) is 0 Å². The Balaban J connectivity index is 1.91. The smallest absolute Gasteiger partial charge is 0.254 e. The lowest BCUT2D eigenvalue weighted by atomic mass is 9.90. The Morgan fingerprint density at radius 1 is 1.38 bits per heavy atom. The third kappa shape index (κ3) is 2.46. The number of nitrogens with two attached hydrogens (primary N) is 1. The van der Waals surface area contributed by atoms with Gasteiger partial charge in [-0.15, -0.1) is 0 Å². The van der Waals surface area contributed by atoms with Gasteiger partial charge in [0, 0.05) is 24.1 Å². The molecule has 0 saturated carbocycles. The van der Waals surface area contributed by atoms with Crippen molar-refractivity contribution in [3.05, 3.63) is 35.1 Å². The molecule has 3 rings (SSSR count). The molecule has 2 aliphatic rings. The number of hydrogen-bond donors (Lipinski definition) is 2. The third-order valence-corrected chi connectivity index (χ3v) is 4.55. The van der Waals surface area contributed by atoms with Crippen LogP contribution in [0.4, 0.5) is 4.39 Å². The lowest BCUT2D eigenvalue weighted by Gasteiger charge is -2.38. The summed E-state index contributed by atoms with van der Waals surface area (Å²) in [7, 11) is 0. The Morgan fingerprint density at radius 2 is 2.19 bits per heavy atom. The summed E-state index contributed by atoms with van der Waals surface area (Å²) in [4.78, 5) is 14.5. The minimum Gasteiger partial charge on any atom is -0.409 e. The molecule has 0 spiro atoms. The van der Waals surface area contributed by atoms with Crippen LogP contribution in [0.1, 0.15) is 35.2 Å². The summed E-state index contributed by atoms with van der Waals surface area (Å²) < 4.78 is 13.4. The van der Waals surface area contributed by atoms with Crippen LogP contribution in [-0.4, -0.2) is 34.4 Å². The molecular formula is C15H18FN3O2. The van der Waals surface area contributed by atoms with E-state index in [2.05, 4.69) is 5.16 Å². The molecule has 5 nitrogen and oxygen atoms in total. The molecule has 21 heavy (non-hydrogen) atoms. The topological polar surface area (TPSA) is 78.9 Å². The Labute approximate surface area is 122 Å². The molecule has 3 N–H and O–H groups in total. The van der Waals surface area contributed by atoms with E-state index in [1.165, 1.54) is 12.1 Å². The fourth-order valence-corrected chi connectivity index (χ4v) is 3.35. The predicted octanol–water partition coefficient (Wildman–Crippen LogP) is 1.74. The molecule has 1 amide bonds. The van der Waals surface area contributed by atoms with Crippen molar-refractivity contribution in [2.75, 3.05) is 6.54 Å². The zero-order valence-electron chi connectivity index (χ0n) is 11.6. The highest BCUT2D eigenvalue weighted by Gasteiger charge is 2.36. The Morgan fingerprint density at radius 3 is 2.95 bits per heavy atom. The fraction of sp³-hybridized carbons (Fsp3) is 0.467. The van der Waals surface area contributed by atoms with Gasteiger partial charge in [-0.1, -0.05) is 5.16 Å². The maximum absolute atomic E-state index is 13.4. The molecule has 0 aromatic heterocycles. The first-order valence-corrected chi connectivity index (χ1v) is 7.17. The molecule has 6 heteroatoms. The summed E-state index contributed by atoms with van der Waals surface area (Å²) in [6, 6.07) is 4.48. The normalized spacial score (nSPS) is 26.0. The van der Waals surface area contributed by atoms with Gasteiger partial charge in [0.15, 0.2) is 0 Å². The molecule has 1 aromatic carbocycles. The molecule has 1 saturated heterocycles. The van der Waals surface area contributed by atoms with Crippen LogP contribution in [0.3, 0.4) is 0 Å². The zero-order chi connectivity index (χ0) is 15.0. The number of benzene rings is 1. The van der Waals surface area contributed by atoms with Crippen LogP contribution >= 0.6 is 0 Å². The molecule has 2 aliphatic heterocycles. The highest BCUT2D eigenvalue weighted by atomic mass is 19.1. The number of carbonyl (C=O) groups is 1. The van der Waals surface area contributed by atoms with Crippen molar-refractivity contribution in [3.63, 3.8) is 0 Å². The molecule has 1 aromatic rings. The minimum absolute atomic E-state index is 0.0806. The van der Waals surface area contributed by atoms with Crippen LogP contribution in [0.15, 0.2) is 23.4 Å². The first-order chi connectivity index (χ1) is 10.1. The number of amides is 1.